The van der Waals surface area contributed by atoms with E-state index < -0.39 is 84.6 Å². The molecular weight excluding hydrogens is 987 g/mol. The number of ether oxygens (including phenoxy) is 1. The third-order valence-corrected chi connectivity index (χ3v) is 13.9. The molecular formula is C41H62N7O17P3S-4. The van der Waals surface area contributed by atoms with E-state index in [-0.39, 0.29) is 41.6 Å². The number of hydrogen-bond donors (Lipinski definition) is 5. The van der Waals surface area contributed by atoms with Crippen LogP contribution in [0.3, 0.4) is 0 Å². The first-order valence-corrected chi connectivity index (χ1v) is 27.5. The Morgan fingerprint density at radius 3 is 2.19 bits per heavy atom. The van der Waals surface area contributed by atoms with Crippen molar-refractivity contribution in [3.05, 3.63) is 61.3 Å². The summed E-state index contributed by atoms with van der Waals surface area (Å²) in [5.74, 6) is -1.18. The van der Waals surface area contributed by atoms with E-state index in [2.05, 4.69) is 99.0 Å². The Hall–Kier alpha value is -3.48. The zero-order valence-corrected chi connectivity index (χ0v) is 42.1. The first-order valence-electron chi connectivity index (χ1n) is 22.1. The Morgan fingerprint density at radius 2 is 1.52 bits per heavy atom. The SMILES string of the molecule is CC/C=C\C/C=C\C/C=C\CCCC/C=C\CCCC(=O)SCCNC(=O)CCNC(=O)[C@H](O)C(C)(C)COP(=O)([O-])OP(=O)([O-])OC[C@H]1O[C@@H](n2cnc3c(N)ncnc32)[C@H](O)[C@@H]1OP(=O)([O-])[O-]. The van der Waals surface area contributed by atoms with Gasteiger partial charge in [0.25, 0.3) is 15.6 Å². The van der Waals surface area contributed by atoms with Crippen molar-refractivity contribution in [2.75, 3.05) is 37.8 Å². The summed E-state index contributed by atoms with van der Waals surface area (Å²) in [6.45, 7) is 2.24. The molecule has 3 rings (SSSR count). The number of phosphoric acid groups is 3. The van der Waals surface area contributed by atoms with Crippen LogP contribution < -0.4 is 35.9 Å². The van der Waals surface area contributed by atoms with Gasteiger partial charge in [0.2, 0.25) is 11.8 Å². The second-order valence-corrected chi connectivity index (χ2v) is 21.4. The molecule has 0 radical (unpaired) electrons. The second-order valence-electron chi connectivity index (χ2n) is 16.1. The van der Waals surface area contributed by atoms with Gasteiger partial charge in [-0.15, -0.1) is 0 Å². The van der Waals surface area contributed by atoms with Gasteiger partial charge in [0.05, 0.1) is 27.4 Å². The average Bonchev–Trinajstić information content (AvgIpc) is 3.84. The highest BCUT2D eigenvalue weighted by molar-refractivity contribution is 8.13. The number of carbonyl (C=O) groups excluding carboxylic acids is 3. The number of nitrogens with zero attached hydrogens (tertiary/aromatic N) is 4. The van der Waals surface area contributed by atoms with Crippen LogP contribution in [0.15, 0.2) is 61.3 Å². The lowest BCUT2D eigenvalue weighted by Gasteiger charge is -2.36. The second kappa shape index (κ2) is 29.8. The molecule has 0 saturated carbocycles. The third kappa shape index (κ3) is 22.6. The maximum absolute atomic E-state index is 12.6. The quantitative estimate of drug-likeness (QED) is 0.0389. The third-order valence-electron chi connectivity index (χ3n) is 9.93. The van der Waals surface area contributed by atoms with Gasteiger partial charge in [-0.2, -0.15) is 0 Å². The minimum atomic E-state index is -5.92. The summed E-state index contributed by atoms with van der Waals surface area (Å²) in [6.07, 6.45) is 19.0. The molecule has 2 aromatic rings. The lowest BCUT2D eigenvalue weighted by Crippen LogP contribution is -2.46. The molecule has 69 heavy (non-hydrogen) atoms. The number of unbranched alkanes of at least 4 members (excludes halogenated alkanes) is 4. The molecule has 1 aliphatic heterocycles. The molecule has 2 unspecified atom stereocenters. The highest BCUT2D eigenvalue weighted by atomic mass is 32.2. The van der Waals surface area contributed by atoms with Gasteiger partial charge in [-0.3, -0.25) is 28.1 Å². The number of carbonyl (C=O) groups is 3. The maximum atomic E-state index is 12.6. The summed E-state index contributed by atoms with van der Waals surface area (Å²) in [4.78, 5) is 96.8. The summed E-state index contributed by atoms with van der Waals surface area (Å²) in [5, 5.41) is 26.4. The zero-order chi connectivity index (χ0) is 51.1. The number of fused-ring (bicyclic) bond motifs is 1. The number of nitrogen functional groups attached to an aromatic ring is 1. The summed E-state index contributed by atoms with van der Waals surface area (Å²) < 4.78 is 60.8. The number of aliphatic hydroxyl groups excluding tert-OH is 2. The van der Waals surface area contributed by atoms with Crippen LogP contribution in [-0.2, 0) is 50.7 Å². The van der Waals surface area contributed by atoms with Gasteiger partial charge in [-0.25, -0.2) is 19.3 Å². The molecule has 2 amide bonds. The Morgan fingerprint density at radius 1 is 0.899 bits per heavy atom. The van der Waals surface area contributed by atoms with Crippen molar-refractivity contribution in [1.29, 1.82) is 0 Å². The van der Waals surface area contributed by atoms with E-state index in [1.165, 1.54) is 13.8 Å². The van der Waals surface area contributed by atoms with Crippen molar-refractivity contribution in [1.82, 2.24) is 30.2 Å². The lowest BCUT2D eigenvalue weighted by molar-refractivity contribution is -0.347. The van der Waals surface area contributed by atoms with Gasteiger partial charge in [0.1, 0.15) is 36.3 Å². The molecule has 7 atom stereocenters. The molecule has 0 spiro atoms. The number of allylic oxidation sites excluding steroid dienone is 8. The number of imidazole rings is 1. The lowest BCUT2D eigenvalue weighted by atomic mass is 9.87. The highest BCUT2D eigenvalue weighted by Gasteiger charge is 2.47. The summed E-state index contributed by atoms with van der Waals surface area (Å²) in [6, 6.07) is 0. The van der Waals surface area contributed by atoms with Crippen LogP contribution in [0.1, 0.15) is 97.6 Å². The number of anilines is 1. The summed E-state index contributed by atoms with van der Waals surface area (Å²) in [7, 11) is -17.6. The molecule has 0 aliphatic carbocycles. The van der Waals surface area contributed by atoms with Crippen LogP contribution in [0, 0.1) is 5.41 Å². The Balaban J connectivity index is 1.30. The predicted octanol–water partition coefficient (Wildman–Crippen LogP) is 2.28. The van der Waals surface area contributed by atoms with E-state index in [1.807, 2.05) is 0 Å². The van der Waals surface area contributed by atoms with Crippen molar-refractivity contribution in [2.24, 2.45) is 5.41 Å². The van der Waals surface area contributed by atoms with E-state index >= 15 is 0 Å². The van der Waals surface area contributed by atoms with Crippen LogP contribution in [0.25, 0.3) is 11.2 Å². The number of nitrogens with one attached hydrogen (secondary N) is 2. The minimum Gasteiger partial charge on any atom is -0.790 e. The molecule has 24 nitrogen and oxygen atoms in total. The molecule has 1 saturated heterocycles. The minimum absolute atomic E-state index is 0.0114. The molecule has 2 aromatic heterocycles. The van der Waals surface area contributed by atoms with Gasteiger partial charge in [-0.05, 0) is 57.8 Å². The fourth-order valence-corrected chi connectivity index (χ4v) is 9.75. The molecule has 6 N–H and O–H groups in total. The number of aliphatic hydroxyl groups is 2. The van der Waals surface area contributed by atoms with E-state index in [1.54, 1.807) is 0 Å². The maximum Gasteiger partial charge on any atom is 0.274 e. The molecule has 0 aromatic carbocycles. The van der Waals surface area contributed by atoms with Gasteiger partial charge < -0.3 is 69.0 Å². The average molecular weight is 1050 g/mol. The van der Waals surface area contributed by atoms with Crippen LogP contribution >= 0.6 is 35.2 Å². The van der Waals surface area contributed by atoms with Crippen molar-refractivity contribution in [3.8, 4) is 0 Å². The largest absolute Gasteiger partial charge is 0.790 e. The number of phosphoric ester groups is 3. The van der Waals surface area contributed by atoms with Crippen molar-refractivity contribution >= 4 is 69.1 Å². The Bertz CT molecular complexity index is 2220. The summed E-state index contributed by atoms with van der Waals surface area (Å²) >= 11 is 1.11. The predicted molar refractivity (Wildman–Crippen MR) is 247 cm³/mol. The van der Waals surface area contributed by atoms with Crippen LogP contribution in [0.2, 0.25) is 0 Å². The van der Waals surface area contributed by atoms with Crippen molar-refractivity contribution in [2.45, 2.75) is 122 Å². The van der Waals surface area contributed by atoms with E-state index in [0.29, 0.717) is 12.2 Å². The Labute approximate surface area is 405 Å². The number of nitrogens with two attached hydrogens (primary N) is 1. The molecule has 0 bridgehead atoms. The number of hydrogen-bond acceptors (Lipinski definition) is 22. The first-order chi connectivity index (χ1) is 32.6. The highest BCUT2D eigenvalue weighted by Crippen LogP contribution is 2.56. The van der Waals surface area contributed by atoms with E-state index in [9.17, 15) is 57.9 Å². The molecule has 28 heteroatoms. The summed E-state index contributed by atoms with van der Waals surface area (Å²) in [5.41, 5.74) is 4.08. The molecule has 3 heterocycles. The van der Waals surface area contributed by atoms with Crippen molar-refractivity contribution in [3.63, 3.8) is 0 Å². The van der Waals surface area contributed by atoms with Crippen molar-refractivity contribution < 1.29 is 80.5 Å². The fourth-order valence-electron chi connectivity index (χ4n) is 6.30. The van der Waals surface area contributed by atoms with Crippen LogP contribution in [-0.4, -0.2) is 103 Å². The standard InChI is InChI=1S/C41H66N7O17P3S/c1-4-5-6-7-8-9-10-11-12-13-14-15-16-17-18-19-20-21-32(50)69-25-24-43-31(49)22-23-44-39(53)36(52)41(2,3)27-62-68(59,60)65-67(57,58)61-26-30-35(64-66(54,55)56)34(51)40(63-30)48-29-47-33-37(42)45-28-46-38(33)48/h5-6,8-9,11-12,17-18,28-30,34-36,40,51-52H,4,7,10,13-16,19-27H2,1-3H3,(H,43,49)(H,44,53)(H,57,58)(H,59,60)(H2,42,45,46)(H2,54,55,56)/p-4/b6-5-,9-8-,12-11-,18-17-/t30-,34-,35-,36+,40-/m1/s1. The van der Waals surface area contributed by atoms with Gasteiger partial charge in [0.15, 0.2) is 22.8 Å². The Kier molecular flexibility index (Phi) is 25.8. The number of aromatic nitrogens is 4. The normalized spacial score (nSPS) is 20.3. The zero-order valence-electron chi connectivity index (χ0n) is 38.6. The monoisotopic (exact) mass is 1050 g/mol. The smallest absolute Gasteiger partial charge is 0.274 e. The first kappa shape index (κ1) is 59.8. The van der Waals surface area contributed by atoms with Gasteiger partial charge >= 0.3 is 0 Å². The van der Waals surface area contributed by atoms with Crippen LogP contribution in [0.4, 0.5) is 5.82 Å². The van der Waals surface area contributed by atoms with Crippen LogP contribution in [0.5, 0.6) is 0 Å². The fraction of sp³-hybridized carbons (Fsp3) is 0.610. The number of amides is 2. The molecule has 388 valence electrons. The molecule has 1 fully saturated rings. The van der Waals surface area contributed by atoms with E-state index in [4.69, 9.17) is 10.5 Å². The van der Waals surface area contributed by atoms with Gasteiger partial charge in [0, 0.05) is 37.1 Å². The number of thioether (sulfide) groups is 1. The molecule has 1 aliphatic rings. The number of rotatable bonds is 33. The topological polar surface area (TPSA) is 375 Å². The van der Waals surface area contributed by atoms with E-state index in [0.717, 1.165) is 86.8 Å². The van der Waals surface area contributed by atoms with Gasteiger partial charge in [-0.1, -0.05) is 81.1 Å².